The SMILES string of the molecule is O=C(N[C@@H]1CCC[C@H](Nc2nc(-c3c[nH]c4c(F)cc(F)cc34)ncc2F)C1)c1cc[nH]n1. The molecule has 11 heteroatoms. The topological polar surface area (TPSA) is 111 Å². The number of amides is 1. The van der Waals surface area contributed by atoms with E-state index in [1.54, 1.807) is 12.3 Å². The van der Waals surface area contributed by atoms with E-state index >= 15 is 0 Å². The van der Waals surface area contributed by atoms with Gasteiger partial charge in [-0.2, -0.15) is 5.10 Å². The lowest BCUT2D eigenvalue weighted by molar-refractivity contribution is 0.0921. The monoisotopic (exact) mass is 455 g/mol. The number of anilines is 1. The van der Waals surface area contributed by atoms with Crippen LogP contribution in [0.25, 0.3) is 22.3 Å². The van der Waals surface area contributed by atoms with Crippen molar-refractivity contribution in [2.45, 2.75) is 37.8 Å². The molecule has 4 aromatic rings. The second kappa shape index (κ2) is 8.57. The number of H-pyrrole nitrogens is 2. The van der Waals surface area contributed by atoms with E-state index in [-0.39, 0.29) is 40.5 Å². The lowest BCUT2D eigenvalue weighted by Gasteiger charge is -2.30. The normalized spacial score (nSPS) is 18.4. The first kappa shape index (κ1) is 21.0. The minimum absolute atomic E-state index is 0.00416. The van der Waals surface area contributed by atoms with Crippen molar-refractivity contribution < 1.29 is 18.0 Å². The Labute approximate surface area is 186 Å². The minimum atomic E-state index is -0.734. The lowest BCUT2D eigenvalue weighted by atomic mass is 9.91. The molecule has 1 aliphatic rings. The molecule has 33 heavy (non-hydrogen) atoms. The van der Waals surface area contributed by atoms with Crippen LogP contribution in [-0.4, -0.2) is 43.1 Å². The number of carbonyl (C=O) groups is 1. The Morgan fingerprint density at radius 2 is 1.97 bits per heavy atom. The Balaban J connectivity index is 1.34. The number of rotatable bonds is 5. The molecule has 4 N–H and O–H groups in total. The molecule has 8 nitrogen and oxygen atoms in total. The zero-order chi connectivity index (χ0) is 22.9. The zero-order valence-corrected chi connectivity index (χ0v) is 17.3. The number of hydrogen-bond donors (Lipinski definition) is 4. The van der Waals surface area contributed by atoms with Crippen LogP contribution in [0, 0.1) is 17.5 Å². The molecular formula is C22H20F3N7O. The second-order valence-electron chi connectivity index (χ2n) is 8.04. The number of nitrogens with zero attached hydrogens (tertiary/aromatic N) is 3. The molecule has 0 saturated heterocycles. The van der Waals surface area contributed by atoms with Crippen molar-refractivity contribution in [3.8, 4) is 11.4 Å². The first-order valence-electron chi connectivity index (χ1n) is 10.5. The molecule has 3 aromatic heterocycles. The van der Waals surface area contributed by atoms with Gasteiger partial charge in [0.2, 0.25) is 0 Å². The van der Waals surface area contributed by atoms with Gasteiger partial charge in [0.05, 0.1) is 11.7 Å². The molecule has 0 unspecified atom stereocenters. The van der Waals surface area contributed by atoms with Crippen molar-refractivity contribution in [1.29, 1.82) is 0 Å². The summed E-state index contributed by atoms with van der Waals surface area (Å²) in [5, 5.41) is 12.8. The fourth-order valence-corrected chi connectivity index (χ4v) is 4.23. The molecule has 0 spiro atoms. The molecule has 2 atom stereocenters. The number of carbonyl (C=O) groups excluding carboxylic acids is 1. The molecule has 5 rings (SSSR count). The summed E-state index contributed by atoms with van der Waals surface area (Å²) in [4.78, 5) is 23.3. The van der Waals surface area contributed by atoms with Crippen molar-refractivity contribution in [1.82, 2.24) is 30.5 Å². The summed E-state index contributed by atoms with van der Waals surface area (Å²) in [6.07, 6.45) is 7.06. The maximum Gasteiger partial charge on any atom is 0.271 e. The van der Waals surface area contributed by atoms with E-state index in [4.69, 9.17) is 0 Å². The van der Waals surface area contributed by atoms with Crippen molar-refractivity contribution in [3.05, 3.63) is 59.9 Å². The average molecular weight is 455 g/mol. The molecule has 0 bridgehead atoms. The summed E-state index contributed by atoms with van der Waals surface area (Å²) in [5.74, 6) is -2.24. The predicted octanol–water partition coefficient (Wildman–Crippen LogP) is 3.92. The van der Waals surface area contributed by atoms with Crippen LogP contribution in [0.3, 0.4) is 0 Å². The number of halogens is 3. The number of aromatic amines is 2. The van der Waals surface area contributed by atoms with E-state index in [0.29, 0.717) is 17.7 Å². The average Bonchev–Trinajstić information content (AvgIpc) is 3.46. The smallest absolute Gasteiger partial charge is 0.271 e. The molecule has 1 aliphatic carbocycles. The van der Waals surface area contributed by atoms with E-state index in [0.717, 1.165) is 31.5 Å². The number of aromatic nitrogens is 5. The van der Waals surface area contributed by atoms with Gasteiger partial charge in [-0.05, 0) is 37.8 Å². The van der Waals surface area contributed by atoms with Crippen LogP contribution in [0.4, 0.5) is 19.0 Å². The molecular weight excluding hydrogens is 435 g/mol. The fraction of sp³-hybridized carbons (Fsp3) is 0.273. The van der Waals surface area contributed by atoms with Gasteiger partial charge in [0, 0.05) is 41.5 Å². The van der Waals surface area contributed by atoms with Gasteiger partial charge in [0.25, 0.3) is 5.91 Å². The zero-order valence-electron chi connectivity index (χ0n) is 17.3. The van der Waals surface area contributed by atoms with Crippen molar-refractivity contribution >= 4 is 22.6 Å². The molecule has 0 radical (unpaired) electrons. The first-order valence-corrected chi connectivity index (χ1v) is 10.5. The molecule has 1 aromatic carbocycles. The van der Waals surface area contributed by atoms with Crippen LogP contribution in [0.15, 0.2) is 36.8 Å². The van der Waals surface area contributed by atoms with Crippen LogP contribution in [0.2, 0.25) is 0 Å². The third-order valence-electron chi connectivity index (χ3n) is 5.77. The summed E-state index contributed by atoms with van der Waals surface area (Å²) in [5.41, 5.74) is 0.791. The largest absolute Gasteiger partial charge is 0.365 e. The van der Waals surface area contributed by atoms with Gasteiger partial charge in [-0.1, -0.05) is 0 Å². The van der Waals surface area contributed by atoms with Gasteiger partial charge >= 0.3 is 0 Å². The molecule has 1 saturated carbocycles. The minimum Gasteiger partial charge on any atom is -0.365 e. The Morgan fingerprint density at radius 3 is 2.79 bits per heavy atom. The van der Waals surface area contributed by atoms with Gasteiger partial charge < -0.3 is 15.6 Å². The molecule has 1 amide bonds. The Hall–Kier alpha value is -3.89. The van der Waals surface area contributed by atoms with E-state index in [1.807, 2.05) is 0 Å². The Kier molecular flexibility index (Phi) is 5.45. The van der Waals surface area contributed by atoms with Gasteiger partial charge in [-0.15, -0.1) is 0 Å². The highest BCUT2D eigenvalue weighted by Crippen LogP contribution is 2.30. The van der Waals surface area contributed by atoms with Gasteiger partial charge in [0.15, 0.2) is 17.5 Å². The highest BCUT2D eigenvalue weighted by molar-refractivity contribution is 5.94. The van der Waals surface area contributed by atoms with Crippen LogP contribution in [0.5, 0.6) is 0 Å². The third kappa shape index (κ3) is 4.26. The van der Waals surface area contributed by atoms with Crippen molar-refractivity contribution in [2.75, 3.05) is 5.32 Å². The maximum atomic E-state index is 14.5. The van der Waals surface area contributed by atoms with Gasteiger partial charge in [-0.25, -0.2) is 23.1 Å². The highest BCUT2D eigenvalue weighted by Gasteiger charge is 2.25. The third-order valence-corrected chi connectivity index (χ3v) is 5.77. The van der Waals surface area contributed by atoms with Crippen molar-refractivity contribution in [3.63, 3.8) is 0 Å². The van der Waals surface area contributed by atoms with Crippen LogP contribution in [-0.2, 0) is 0 Å². The summed E-state index contributed by atoms with van der Waals surface area (Å²) in [6.45, 7) is 0. The molecule has 0 aliphatic heterocycles. The van der Waals surface area contributed by atoms with Gasteiger partial charge in [0.1, 0.15) is 17.3 Å². The van der Waals surface area contributed by atoms with Crippen LogP contribution < -0.4 is 10.6 Å². The standard InChI is InChI=1S/C22H20F3N7O/c23-11-6-14-15(9-26-19(14)16(24)7-11)20-27-10-17(25)21(31-20)29-12-2-1-3-13(8-12)30-22(33)18-4-5-28-32-18/h4-7,9-10,12-13,26H,1-3,8H2,(H,28,32)(H,30,33)(H,27,29,31)/t12-,13+/m0/s1. The van der Waals surface area contributed by atoms with Crippen molar-refractivity contribution in [2.24, 2.45) is 0 Å². The first-order chi connectivity index (χ1) is 16.0. The number of fused-ring (bicyclic) bond motifs is 1. The Morgan fingerprint density at radius 1 is 1.12 bits per heavy atom. The van der Waals surface area contributed by atoms with E-state index < -0.39 is 17.5 Å². The quantitative estimate of drug-likeness (QED) is 0.365. The summed E-state index contributed by atoms with van der Waals surface area (Å²) >= 11 is 0. The van der Waals surface area contributed by atoms with E-state index in [9.17, 15) is 18.0 Å². The maximum absolute atomic E-state index is 14.5. The van der Waals surface area contributed by atoms with E-state index in [1.165, 1.54) is 12.3 Å². The number of nitrogens with one attached hydrogen (secondary N) is 4. The summed E-state index contributed by atoms with van der Waals surface area (Å²) in [7, 11) is 0. The molecule has 170 valence electrons. The molecule has 3 heterocycles. The highest BCUT2D eigenvalue weighted by atomic mass is 19.1. The van der Waals surface area contributed by atoms with Crippen LogP contribution >= 0.6 is 0 Å². The van der Waals surface area contributed by atoms with E-state index in [2.05, 4.69) is 35.8 Å². The molecule has 1 fully saturated rings. The Bertz CT molecular complexity index is 1310. The van der Waals surface area contributed by atoms with Gasteiger partial charge in [-0.3, -0.25) is 9.89 Å². The van der Waals surface area contributed by atoms with Crippen LogP contribution in [0.1, 0.15) is 36.2 Å². The number of benzene rings is 1. The summed E-state index contributed by atoms with van der Waals surface area (Å²) < 4.78 is 42.3. The predicted molar refractivity (Wildman–Crippen MR) is 115 cm³/mol. The second-order valence-corrected chi connectivity index (χ2v) is 8.04. The lowest BCUT2D eigenvalue weighted by Crippen LogP contribution is -2.42. The number of hydrogen-bond acceptors (Lipinski definition) is 5. The fourth-order valence-electron chi connectivity index (χ4n) is 4.23. The summed E-state index contributed by atoms with van der Waals surface area (Å²) in [6, 6.07) is 3.33.